The summed E-state index contributed by atoms with van der Waals surface area (Å²) in [6.45, 7) is 3.61. The molecule has 0 bridgehead atoms. The van der Waals surface area contributed by atoms with Crippen molar-refractivity contribution in [1.82, 2.24) is 5.32 Å². The Balaban J connectivity index is 4.38. The Labute approximate surface area is 101 Å². The molecule has 4 atom stereocenters. The van der Waals surface area contributed by atoms with Crippen molar-refractivity contribution >= 4 is 6.29 Å². The van der Waals surface area contributed by atoms with E-state index in [0.29, 0.717) is 6.54 Å². The minimum atomic E-state index is -2.23. The summed E-state index contributed by atoms with van der Waals surface area (Å²) in [5.41, 5.74) is -2.23. The zero-order valence-corrected chi connectivity index (χ0v) is 10.3. The van der Waals surface area contributed by atoms with E-state index in [1.807, 2.05) is 6.92 Å². The number of hydrogen-bond donors (Lipinski definition) is 5. The van der Waals surface area contributed by atoms with Crippen LogP contribution in [0.25, 0.3) is 0 Å². The molecule has 0 fully saturated rings. The average molecular weight is 249 g/mol. The van der Waals surface area contributed by atoms with Crippen molar-refractivity contribution in [1.29, 1.82) is 0 Å². The van der Waals surface area contributed by atoms with Gasteiger partial charge in [-0.05, 0) is 19.9 Å². The summed E-state index contributed by atoms with van der Waals surface area (Å²) >= 11 is 0. The lowest BCUT2D eigenvalue weighted by molar-refractivity contribution is -0.168. The highest BCUT2D eigenvalue weighted by atomic mass is 16.4. The smallest absolute Gasteiger partial charge is 0.201 e. The molecule has 0 saturated carbocycles. The predicted molar refractivity (Wildman–Crippen MR) is 62.2 cm³/mol. The highest BCUT2D eigenvalue weighted by Gasteiger charge is 2.41. The number of nitrogens with one attached hydrogen (secondary N) is 1. The van der Waals surface area contributed by atoms with E-state index in [4.69, 9.17) is 5.11 Å². The Morgan fingerprint density at radius 3 is 2.29 bits per heavy atom. The van der Waals surface area contributed by atoms with Crippen molar-refractivity contribution in [3.63, 3.8) is 0 Å². The fourth-order valence-electron chi connectivity index (χ4n) is 1.40. The molecule has 0 aliphatic rings. The monoisotopic (exact) mass is 249 g/mol. The number of aliphatic hydroxyl groups excluding tert-OH is 3. The first-order valence-corrected chi connectivity index (χ1v) is 5.87. The molecule has 0 radical (unpaired) electrons. The summed E-state index contributed by atoms with van der Waals surface area (Å²) in [5, 5.41) is 40.4. The van der Waals surface area contributed by atoms with Crippen LogP contribution in [0.1, 0.15) is 33.1 Å². The van der Waals surface area contributed by atoms with Gasteiger partial charge in [-0.1, -0.05) is 19.8 Å². The van der Waals surface area contributed by atoms with Gasteiger partial charge in [0.05, 0.1) is 6.10 Å². The van der Waals surface area contributed by atoms with Gasteiger partial charge in [0.25, 0.3) is 0 Å². The van der Waals surface area contributed by atoms with Crippen LogP contribution in [0.5, 0.6) is 0 Å². The van der Waals surface area contributed by atoms with Crippen LogP contribution >= 0.6 is 0 Å². The zero-order valence-electron chi connectivity index (χ0n) is 10.3. The van der Waals surface area contributed by atoms with E-state index in [0.717, 1.165) is 19.3 Å². The second kappa shape index (κ2) is 7.73. The highest BCUT2D eigenvalue weighted by molar-refractivity contribution is 5.62. The number of carbonyl (C=O) groups is 1. The summed E-state index contributed by atoms with van der Waals surface area (Å²) in [4.78, 5) is 10.8. The molecular formula is C11H23NO5. The van der Waals surface area contributed by atoms with E-state index in [1.165, 1.54) is 6.92 Å². The summed E-state index contributed by atoms with van der Waals surface area (Å²) < 4.78 is 0. The molecule has 6 heteroatoms. The first-order chi connectivity index (χ1) is 7.89. The van der Waals surface area contributed by atoms with Crippen molar-refractivity contribution in [3.05, 3.63) is 0 Å². The van der Waals surface area contributed by atoms with Gasteiger partial charge in [0.2, 0.25) is 5.72 Å². The molecule has 17 heavy (non-hydrogen) atoms. The van der Waals surface area contributed by atoms with E-state index in [2.05, 4.69) is 5.32 Å². The van der Waals surface area contributed by atoms with Crippen LogP contribution < -0.4 is 5.32 Å². The van der Waals surface area contributed by atoms with E-state index in [9.17, 15) is 20.1 Å². The van der Waals surface area contributed by atoms with Gasteiger partial charge in [-0.15, -0.1) is 0 Å². The van der Waals surface area contributed by atoms with Crippen molar-refractivity contribution in [2.75, 3.05) is 6.54 Å². The topological polar surface area (TPSA) is 110 Å². The molecule has 102 valence electrons. The molecule has 0 amide bonds. The number of unbranched alkanes of at least 4 members (excludes halogenated alkanes) is 2. The molecule has 0 saturated heterocycles. The lowest BCUT2D eigenvalue weighted by Gasteiger charge is -2.32. The van der Waals surface area contributed by atoms with Gasteiger partial charge in [-0.2, -0.15) is 0 Å². The number of aldehydes is 1. The van der Waals surface area contributed by atoms with Gasteiger partial charge in [-0.3, -0.25) is 10.1 Å². The van der Waals surface area contributed by atoms with Gasteiger partial charge < -0.3 is 20.4 Å². The molecule has 6 nitrogen and oxygen atoms in total. The first kappa shape index (κ1) is 16.5. The quantitative estimate of drug-likeness (QED) is 0.198. The largest absolute Gasteiger partial charge is 0.391 e. The minimum absolute atomic E-state index is 0.134. The van der Waals surface area contributed by atoms with E-state index >= 15 is 0 Å². The molecule has 0 aliphatic carbocycles. The number of hydrogen-bond acceptors (Lipinski definition) is 6. The molecular weight excluding hydrogens is 226 g/mol. The molecule has 0 aromatic rings. The molecule has 0 heterocycles. The van der Waals surface area contributed by atoms with Crippen LogP contribution in [0.2, 0.25) is 0 Å². The van der Waals surface area contributed by atoms with Crippen molar-refractivity contribution in [3.8, 4) is 0 Å². The van der Waals surface area contributed by atoms with Crippen LogP contribution in [0, 0.1) is 0 Å². The highest BCUT2D eigenvalue weighted by Crippen LogP contribution is 2.11. The SMILES string of the molecule is CCCCCN[C@](O)(C=O)[C@@H](O)[C@H](O)[C@@H](C)O. The second-order valence-corrected chi connectivity index (χ2v) is 4.25. The summed E-state index contributed by atoms with van der Waals surface area (Å²) in [6.07, 6.45) is -1.82. The molecule has 0 spiro atoms. The molecule has 0 aliphatic heterocycles. The third kappa shape index (κ3) is 5.10. The Bertz CT molecular complexity index is 224. The maximum absolute atomic E-state index is 10.8. The normalized spacial score (nSPS) is 20.4. The minimum Gasteiger partial charge on any atom is -0.391 e. The Kier molecular flexibility index (Phi) is 7.49. The lowest BCUT2D eigenvalue weighted by Crippen LogP contribution is -2.62. The van der Waals surface area contributed by atoms with E-state index in [-0.39, 0.29) is 6.29 Å². The summed E-state index contributed by atoms with van der Waals surface area (Å²) in [6, 6.07) is 0. The fourth-order valence-corrected chi connectivity index (χ4v) is 1.40. The molecule has 5 N–H and O–H groups in total. The third-order valence-corrected chi connectivity index (χ3v) is 2.64. The second-order valence-electron chi connectivity index (χ2n) is 4.25. The maximum Gasteiger partial charge on any atom is 0.201 e. The van der Waals surface area contributed by atoms with Gasteiger partial charge in [0.1, 0.15) is 12.2 Å². The van der Waals surface area contributed by atoms with Crippen LogP contribution in [0.15, 0.2) is 0 Å². The Morgan fingerprint density at radius 1 is 1.29 bits per heavy atom. The van der Waals surface area contributed by atoms with E-state index < -0.39 is 24.0 Å². The predicted octanol–water partition coefficient (Wildman–Crippen LogP) is -1.24. The average Bonchev–Trinajstić information content (AvgIpc) is 2.32. The molecule has 0 unspecified atom stereocenters. The maximum atomic E-state index is 10.8. The molecule has 0 aromatic heterocycles. The molecule has 0 aromatic carbocycles. The number of rotatable bonds is 9. The van der Waals surface area contributed by atoms with Gasteiger partial charge in [0, 0.05) is 0 Å². The van der Waals surface area contributed by atoms with E-state index in [1.54, 1.807) is 0 Å². The zero-order chi connectivity index (χ0) is 13.5. The van der Waals surface area contributed by atoms with Crippen molar-refractivity contribution < 1.29 is 25.2 Å². The van der Waals surface area contributed by atoms with Crippen LogP contribution in [-0.4, -0.2) is 57.3 Å². The standard InChI is InChI=1S/C11H23NO5/c1-3-4-5-6-12-11(17,7-13)10(16)9(15)8(2)14/h7-10,12,14-17H,3-6H2,1-2H3/t8-,9-,10+,11+/m1/s1. The lowest BCUT2D eigenvalue weighted by atomic mass is 9.99. The van der Waals surface area contributed by atoms with Crippen LogP contribution in [0.3, 0.4) is 0 Å². The van der Waals surface area contributed by atoms with Gasteiger partial charge in [0.15, 0.2) is 6.29 Å². The summed E-state index contributed by atoms with van der Waals surface area (Å²) in [5.74, 6) is 0. The number of aliphatic hydroxyl groups is 4. The fraction of sp³-hybridized carbons (Fsp3) is 0.909. The molecule has 0 rings (SSSR count). The Hall–Kier alpha value is -0.530. The van der Waals surface area contributed by atoms with Crippen molar-refractivity contribution in [2.45, 2.75) is 57.1 Å². The van der Waals surface area contributed by atoms with Crippen molar-refractivity contribution in [2.24, 2.45) is 0 Å². The van der Waals surface area contributed by atoms with Crippen LogP contribution in [-0.2, 0) is 4.79 Å². The van der Waals surface area contributed by atoms with Gasteiger partial charge >= 0.3 is 0 Å². The van der Waals surface area contributed by atoms with Gasteiger partial charge in [-0.25, -0.2) is 0 Å². The number of carbonyl (C=O) groups excluding carboxylic acids is 1. The van der Waals surface area contributed by atoms with Crippen LogP contribution in [0.4, 0.5) is 0 Å². The first-order valence-electron chi connectivity index (χ1n) is 5.87. The Morgan fingerprint density at radius 2 is 1.88 bits per heavy atom. The summed E-state index contributed by atoms with van der Waals surface area (Å²) in [7, 11) is 0. The third-order valence-electron chi connectivity index (χ3n) is 2.64.